The molecule has 4 heterocycles. The van der Waals surface area contributed by atoms with E-state index in [0.717, 1.165) is 36.0 Å². The van der Waals surface area contributed by atoms with Gasteiger partial charge in [-0.3, -0.25) is 0 Å². The van der Waals surface area contributed by atoms with E-state index in [9.17, 15) is 0 Å². The van der Waals surface area contributed by atoms with Crippen molar-refractivity contribution in [1.29, 1.82) is 0 Å². The first-order valence-corrected chi connectivity index (χ1v) is 11.1. The van der Waals surface area contributed by atoms with E-state index >= 15 is 0 Å². The van der Waals surface area contributed by atoms with Crippen LogP contribution in [0.1, 0.15) is 31.9 Å². The third kappa shape index (κ3) is 5.45. The fourth-order valence-corrected chi connectivity index (χ4v) is 4.14. The second-order valence-electron chi connectivity index (χ2n) is 6.95. The summed E-state index contributed by atoms with van der Waals surface area (Å²) in [7, 11) is 0. The highest BCUT2D eigenvalue weighted by Crippen LogP contribution is 2.29. The molecule has 4 rings (SSSR count). The van der Waals surface area contributed by atoms with Crippen LogP contribution in [0, 0.1) is 0 Å². The molecule has 3 aromatic heterocycles. The van der Waals surface area contributed by atoms with Crippen LogP contribution in [0.15, 0.2) is 57.5 Å². The zero-order chi connectivity index (χ0) is 20.8. The summed E-state index contributed by atoms with van der Waals surface area (Å²) in [5.74, 6) is 2.13. The van der Waals surface area contributed by atoms with Crippen LogP contribution in [0.25, 0.3) is 0 Å². The molecule has 2 N–H and O–H groups in total. The number of nitrogens with zero attached hydrogens (tertiary/aromatic N) is 5. The van der Waals surface area contributed by atoms with Crippen molar-refractivity contribution >= 4 is 40.9 Å². The van der Waals surface area contributed by atoms with Crippen molar-refractivity contribution in [2.45, 2.75) is 49.0 Å². The maximum Gasteiger partial charge on any atom is 0.232 e. The third-order valence-electron chi connectivity index (χ3n) is 4.75. The molecule has 1 aliphatic rings. The normalized spacial score (nSPS) is 16.3. The molecule has 0 saturated carbocycles. The van der Waals surface area contributed by atoms with E-state index in [2.05, 4.69) is 37.4 Å². The molecular formula is C20H23N7OS2. The molecule has 0 bridgehead atoms. The first kappa shape index (κ1) is 20.5. The maximum atomic E-state index is 5.42. The van der Waals surface area contributed by atoms with Gasteiger partial charge in [-0.1, -0.05) is 0 Å². The van der Waals surface area contributed by atoms with Crippen LogP contribution < -0.4 is 15.5 Å². The van der Waals surface area contributed by atoms with E-state index in [1.807, 2.05) is 18.2 Å². The van der Waals surface area contributed by atoms with Crippen LogP contribution in [0.2, 0.25) is 0 Å². The fraction of sp³-hybridized carbons (Fsp3) is 0.350. The van der Waals surface area contributed by atoms with E-state index in [1.54, 1.807) is 24.7 Å². The predicted molar refractivity (Wildman–Crippen MR) is 121 cm³/mol. The van der Waals surface area contributed by atoms with Crippen LogP contribution in [-0.2, 0) is 6.54 Å². The van der Waals surface area contributed by atoms with Crippen molar-refractivity contribution < 1.29 is 4.42 Å². The van der Waals surface area contributed by atoms with Crippen molar-refractivity contribution in [2.75, 3.05) is 16.8 Å². The lowest BCUT2D eigenvalue weighted by molar-refractivity contribution is 0.480. The molecule has 1 saturated heterocycles. The van der Waals surface area contributed by atoms with E-state index in [0.29, 0.717) is 28.8 Å². The van der Waals surface area contributed by atoms with Gasteiger partial charge in [-0.25, -0.2) is 15.0 Å². The Kier molecular flexibility index (Phi) is 6.75. The number of hydrogen-bond donors (Lipinski definition) is 2. The molecular weight excluding hydrogens is 418 g/mol. The zero-order valence-corrected chi connectivity index (χ0v) is 18.2. The lowest BCUT2D eigenvalue weighted by atomic mass is 10.0. The molecule has 10 heteroatoms. The Morgan fingerprint density at radius 3 is 2.90 bits per heavy atom. The smallest absolute Gasteiger partial charge is 0.232 e. The number of furan rings is 1. The average Bonchev–Trinajstić information content (AvgIpc) is 3.27. The number of nitrogens with one attached hydrogen (secondary N) is 2. The SMILES string of the molecule is CC1CCCCN1c1cc(Sc2ncccn2)nc(NC(=S)NCc2ccco2)n1. The molecule has 1 fully saturated rings. The van der Waals surface area contributed by atoms with Gasteiger partial charge in [-0.05, 0) is 68.4 Å². The minimum absolute atomic E-state index is 0.427. The Hall–Kier alpha value is -2.72. The molecule has 8 nitrogen and oxygen atoms in total. The second-order valence-corrected chi connectivity index (χ2v) is 8.34. The molecule has 0 amide bonds. The molecule has 156 valence electrons. The van der Waals surface area contributed by atoms with Gasteiger partial charge in [0.2, 0.25) is 5.95 Å². The highest BCUT2D eigenvalue weighted by atomic mass is 32.2. The number of thiocarbonyl (C=S) groups is 1. The van der Waals surface area contributed by atoms with Crippen LogP contribution >= 0.6 is 24.0 Å². The molecule has 1 unspecified atom stereocenters. The first-order chi connectivity index (χ1) is 14.7. The summed E-state index contributed by atoms with van der Waals surface area (Å²) in [4.78, 5) is 20.3. The average molecular weight is 442 g/mol. The van der Waals surface area contributed by atoms with Crippen molar-refractivity contribution in [1.82, 2.24) is 25.3 Å². The van der Waals surface area contributed by atoms with Gasteiger partial charge in [0.25, 0.3) is 0 Å². The Balaban J connectivity index is 1.53. The number of rotatable bonds is 6. The van der Waals surface area contributed by atoms with Gasteiger partial charge in [0.1, 0.15) is 16.6 Å². The third-order valence-corrected chi connectivity index (χ3v) is 5.81. The maximum absolute atomic E-state index is 5.42. The van der Waals surface area contributed by atoms with Gasteiger partial charge < -0.3 is 20.0 Å². The topological polar surface area (TPSA) is 92.0 Å². The van der Waals surface area contributed by atoms with Gasteiger partial charge in [-0.2, -0.15) is 4.98 Å². The minimum Gasteiger partial charge on any atom is -0.467 e. The predicted octanol–water partition coefficient (Wildman–Crippen LogP) is 3.88. The summed E-state index contributed by atoms with van der Waals surface area (Å²) in [5.41, 5.74) is 0. The van der Waals surface area contributed by atoms with E-state index in [4.69, 9.17) is 21.6 Å². The highest BCUT2D eigenvalue weighted by molar-refractivity contribution is 7.99. The monoisotopic (exact) mass is 441 g/mol. The lowest BCUT2D eigenvalue weighted by Gasteiger charge is -2.34. The van der Waals surface area contributed by atoms with Crippen molar-refractivity contribution in [3.05, 3.63) is 48.7 Å². The molecule has 30 heavy (non-hydrogen) atoms. The molecule has 3 aromatic rings. The summed E-state index contributed by atoms with van der Waals surface area (Å²) in [5, 5.41) is 8.05. The molecule has 1 atom stereocenters. The Morgan fingerprint density at radius 2 is 2.13 bits per heavy atom. The van der Waals surface area contributed by atoms with Crippen LogP contribution in [0.5, 0.6) is 0 Å². The quantitative estimate of drug-likeness (QED) is 0.333. The van der Waals surface area contributed by atoms with E-state index in [-0.39, 0.29) is 0 Å². The fourth-order valence-electron chi connectivity index (χ4n) is 3.26. The largest absolute Gasteiger partial charge is 0.467 e. The molecule has 1 aliphatic heterocycles. The summed E-state index contributed by atoms with van der Waals surface area (Å²) in [6.07, 6.45) is 8.63. The van der Waals surface area contributed by atoms with Crippen LogP contribution in [-0.4, -0.2) is 37.6 Å². The second kappa shape index (κ2) is 9.86. The van der Waals surface area contributed by atoms with Crippen molar-refractivity contribution in [3.63, 3.8) is 0 Å². The number of aromatic nitrogens is 4. The molecule has 0 radical (unpaired) electrons. The standard InChI is InChI=1S/C20H23N7OS2/c1-14-6-2-3-10-27(14)16-12-17(30-20-21-8-5-9-22-20)25-18(24-16)26-19(29)23-13-15-7-4-11-28-15/h4-5,7-9,11-12,14H,2-3,6,10,13H2,1H3,(H2,23,24,25,26,29). The minimum atomic E-state index is 0.427. The Morgan fingerprint density at radius 1 is 1.27 bits per heavy atom. The van der Waals surface area contributed by atoms with Crippen molar-refractivity contribution in [2.24, 2.45) is 0 Å². The van der Waals surface area contributed by atoms with Gasteiger partial charge in [0.05, 0.1) is 12.8 Å². The van der Waals surface area contributed by atoms with Crippen LogP contribution in [0.3, 0.4) is 0 Å². The first-order valence-electron chi connectivity index (χ1n) is 9.85. The Bertz CT molecular complexity index is 969. The van der Waals surface area contributed by atoms with Gasteiger partial charge >= 0.3 is 0 Å². The zero-order valence-electron chi connectivity index (χ0n) is 16.6. The summed E-state index contributed by atoms with van der Waals surface area (Å²) < 4.78 is 5.32. The summed E-state index contributed by atoms with van der Waals surface area (Å²) in [6, 6.07) is 7.94. The van der Waals surface area contributed by atoms with Crippen LogP contribution in [0.4, 0.5) is 11.8 Å². The molecule has 0 spiro atoms. The van der Waals surface area contributed by atoms with Crippen molar-refractivity contribution in [3.8, 4) is 0 Å². The Labute approximate surface area is 184 Å². The number of piperidine rings is 1. The number of anilines is 2. The lowest BCUT2D eigenvalue weighted by Crippen LogP contribution is -2.38. The highest BCUT2D eigenvalue weighted by Gasteiger charge is 2.21. The summed E-state index contributed by atoms with van der Waals surface area (Å²) in [6.45, 7) is 3.70. The van der Waals surface area contributed by atoms with E-state index in [1.165, 1.54) is 18.2 Å². The van der Waals surface area contributed by atoms with Gasteiger partial charge in [-0.15, -0.1) is 0 Å². The number of hydrogen-bond acceptors (Lipinski definition) is 8. The molecule has 0 aromatic carbocycles. The summed E-state index contributed by atoms with van der Waals surface area (Å²) >= 11 is 6.82. The van der Waals surface area contributed by atoms with Gasteiger partial charge in [0.15, 0.2) is 10.3 Å². The molecule has 0 aliphatic carbocycles. The van der Waals surface area contributed by atoms with E-state index < -0.39 is 0 Å². The van der Waals surface area contributed by atoms with Gasteiger partial charge in [0, 0.05) is 31.0 Å².